The third kappa shape index (κ3) is 6.15. The molecule has 1 unspecified atom stereocenters. The highest BCUT2D eigenvalue weighted by Crippen LogP contribution is 2.15. The lowest BCUT2D eigenvalue weighted by molar-refractivity contribution is 0.198. The van der Waals surface area contributed by atoms with E-state index < -0.39 is 10.0 Å². The summed E-state index contributed by atoms with van der Waals surface area (Å²) in [6.45, 7) is 3.47. The fourth-order valence-electron chi connectivity index (χ4n) is 1.76. The Morgan fingerprint density at radius 3 is 2.81 bits per heavy atom. The molecule has 0 aliphatic carbocycles. The van der Waals surface area contributed by atoms with Crippen molar-refractivity contribution in [1.29, 1.82) is 0 Å². The molecule has 1 aromatic rings. The zero-order chi connectivity index (χ0) is 15.7. The van der Waals surface area contributed by atoms with Crippen LogP contribution in [0, 0.1) is 0 Å². The summed E-state index contributed by atoms with van der Waals surface area (Å²) in [5, 5.41) is 11.9. The van der Waals surface area contributed by atoms with Gasteiger partial charge in [-0.25, -0.2) is 13.1 Å². The van der Waals surface area contributed by atoms with Crippen LogP contribution in [-0.2, 0) is 21.3 Å². The molecule has 0 bridgehead atoms. The highest BCUT2D eigenvalue weighted by Gasteiger charge is 2.22. The molecule has 0 aliphatic heterocycles. The van der Waals surface area contributed by atoms with Crippen LogP contribution < -0.4 is 10.0 Å². The maximum Gasteiger partial charge on any atom is 0.274 e. The van der Waals surface area contributed by atoms with E-state index in [1.165, 1.54) is 6.07 Å². The number of nitrogens with one attached hydrogen (secondary N) is 2. The summed E-state index contributed by atoms with van der Waals surface area (Å²) in [5.41, 5.74) is 0. The van der Waals surface area contributed by atoms with E-state index in [4.69, 9.17) is 14.3 Å². The first-order chi connectivity index (χ1) is 10.0. The zero-order valence-corrected chi connectivity index (χ0v) is 13.3. The molecular formula is C13H24N2O5S. The molecule has 0 fully saturated rings. The molecule has 7 nitrogen and oxygen atoms in total. The second kappa shape index (κ2) is 9.16. The van der Waals surface area contributed by atoms with Gasteiger partial charge in [-0.15, -0.1) is 0 Å². The number of aliphatic hydroxyl groups excluding tert-OH is 1. The third-order valence-corrected chi connectivity index (χ3v) is 4.37. The van der Waals surface area contributed by atoms with Gasteiger partial charge in [0.1, 0.15) is 5.76 Å². The van der Waals surface area contributed by atoms with E-state index in [1.807, 2.05) is 6.92 Å². The molecule has 0 aromatic carbocycles. The number of rotatable bonds is 11. The number of hydrogen-bond donors (Lipinski definition) is 3. The van der Waals surface area contributed by atoms with Crippen molar-refractivity contribution in [2.24, 2.45) is 0 Å². The van der Waals surface area contributed by atoms with Crippen LogP contribution in [-0.4, -0.2) is 46.4 Å². The number of methoxy groups -OCH3 is 1. The second-order valence-electron chi connectivity index (χ2n) is 4.63. The van der Waals surface area contributed by atoms with E-state index in [2.05, 4.69) is 10.0 Å². The monoisotopic (exact) mass is 320 g/mol. The van der Waals surface area contributed by atoms with Crippen LogP contribution in [0.15, 0.2) is 21.6 Å². The molecule has 0 spiro atoms. The quantitative estimate of drug-likeness (QED) is 0.512. The molecule has 3 N–H and O–H groups in total. The maximum atomic E-state index is 12.1. The summed E-state index contributed by atoms with van der Waals surface area (Å²) in [6, 6.07) is 2.76. The van der Waals surface area contributed by atoms with Crippen molar-refractivity contribution in [1.82, 2.24) is 10.0 Å². The van der Waals surface area contributed by atoms with Crippen molar-refractivity contribution in [2.45, 2.75) is 37.4 Å². The fourth-order valence-corrected chi connectivity index (χ4v) is 3.07. The molecular weight excluding hydrogens is 296 g/mol. The van der Waals surface area contributed by atoms with Crippen LogP contribution in [0.4, 0.5) is 0 Å². The topological polar surface area (TPSA) is 101 Å². The number of ether oxygens (including phenoxy) is 1. The van der Waals surface area contributed by atoms with Crippen LogP contribution in [0.2, 0.25) is 0 Å². The van der Waals surface area contributed by atoms with Crippen molar-refractivity contribution in [3.8, 4) is 0 Å². The minimum atomic E-state index is -3.69. The standard InChI is InChI=1S/C13H24N2O5S/c1-3-11(6-8-16)15-21(17,18)13-5-4-12(20-13)10-14-7-9-19-2/h4-5,11,14-16H,3,6-10H2,1-2H3. The fraction of sp³-hybridized carbons (Fsp3) is 0.692. The largest absolute Gasteiger partial charge is 0.447 e. The van der Waals surface area contributed by atoms with Gasteiger partial charge in [-0.05, 0) is 25.0 Å². The second-order valence-corrected chi connectivity index (χ2v) is 6.27. The van der Waals surface area contributed by atoms with E-state index in [-0.39, 0.29) is 17.7 Å². The molecule has 0 amide bonds. The summed E-state index contributed by atoms with van der Waals surface area (Å²) >= 11 is 0. The van der Waals surface area contributed by atoms with Crippen LogP contribution in [0.3, 0.4) is 0 Å². The Balaban J connectivity index is 2.61. The van der Waals surface area contributed by atoms with Crippen molar-refractivity contribution in [3.63, 3.8) is 0 Å². The highest BCUT2D eigenvalue weighted by atomic mass is 32.2. The molecule has 1 aromatic heterocycles. The Kier molecular flexibility index (Phi) is 7.91. The maximum absolute atomic E-state index is 12.1. The molecule has 0 radical (unpaired) electrons. The average Bonchev–Trinajstić information content (AvgIpc) is 2.92. The SMILES string of the molecule is CCC(CCO)NS(=O)(=O)c1ccc(CNCCOC)o1. The molecule has 0 saturated heterocycles. The Bertz CT molecular complexity index is 500. The number of sulfonamides is 1. The van der Waals surface area contributed by atoms with Gasteiger partial charge in [0, 0.05) is 26.3 Å². The van der Waals surface area contributed by atoms with Crippen molar-refractivity contribution in [2.75, 3.05) is 26.9 Å². The normalized spacial score (nSPS) is 13.5. The van der Waals surface area contributed by atoms with E-state index in [9.17, 15) is 8.42 Å². The summed E-state index contributed by atoms with van der Waals surface area (Å²) < 4.78 is 37.0. The zero-order valence-electron chi connectivity index (χ0n) is 12.5. The molecule has 1 heterocycles. The Hall–Kier alpha value is -0.930. The molecule has 21 heavy (non-hydrogen) atoms. The predicted octanol–water partition coefficient (Wildman–Crippen LogP) is 0.455. The number of furan rings is 1. The van der Waals surface area contributed by atoms with Crippen LogP contribution in [0.5, 0.6) is 0 Å². The molecule has 8 heteroatoms. The highest BCUT2D eigenvalue weighted by molar-refractivity contribution is 7.89. The molecule has 0 saturated carbocycles. The molecule has 1 rings (SSSR count). The lowest BCUT2D eigenvalue weighted by Crippen LogP contribution is -2.34. The molecule has 0 aliphatic rings. The van der Waals surface area contributed by atoms with E-state index >= 15 is 0 Å². The minimum absolute atomic E-state index is 0.0617. The van der Waals surface area contributed by atoms with E-state index in [1.54, 1.807) is 13.2 Å². The minimum Gasteiger partial charge on any atom is -0.447 e. The van der Waals surface area contributed by atoms with Gasteiger partial charge >= 0.3 is 0 Å². The number of aliphatic hydroxyl groups is 1. The van der Waals surface area contributed by atoms with Gasteiger partial charge in [0.05, 0.1) is 13.2 Å². The van der Waals surface area contributed by atoms with Crippen molar-refractivity contribution in [3.05, 3.63) is 17.9 Å². The van der Waals surface area contributed by atoms with Crippen LogP contribution in [0.25, 0.3) is 0 Å². The van der Waals surface area contributed by atoms with E-state index in [0.29, 0.717) is 38.3 Å². The number of hydrogen-bond acceptors (Lipinski definition) is 6. The summed E-state index contributed by atoms with van der Waals surface area (Å²) in [5.74, 6) is 0.543. The Morgan fingerprint density at radius 1 is 1.43 bits per heavy atom. The van der Waals surface area contributed by atoms with Crippen LogP contribution in [0.1, 0.15) is 25.5 Å². The van der Waals surface area contributed by atoms with Gasteiger partial charge in [0.25, 0.3) is 10.0 Å². The van der Waals surface area contributed by atoms with Gasteiger partial charge in [0.2, 0.25) is 5.09 Å². The van der Waals surface area contributed by atoms with Gasteiger partial charge in [-0.3, -0.25) is 0 Å². The smallest absolute Gasteiger partial charge is 0.274 e. The molecule has 1 atom stereocenters. The van der Waals surface area contributed by atoms with Gasteiger partial charge in [0.15, 0.2) is 0 Å². The summed E-state index contributed by atoms with van der Waals surface area (Å²) in [6.07, 6.45) is 0.980. The average molecular weight is 320 g/mol. The van der Waals surface area contributed by atoms with Gasteiger partial charge in [-0.2, -0.15) is 0 Å². The van der Waals surface area contributed by atoms with Crippen molar-refractivity contribution < 1.29 is 22.7 Å². The Labute approximate surface area is 125 Å². The summed E-state index contributed by atoms with van der Waals surface area (Å²) in [4.78, 5) is 0. The Morgan fingerprint density at radius 2 is 2.19 bits per heavy atom. The van der Waals surface area contributed by atoms with Gasteiger partial charge in [-0.1, -0.05) is 6.92 Å². The summed E-state index contributed by atoms with van der Waals surface area (Å²) in [7, 11) is -2.08. The predicted molar refractivity (Wildman–Crippen MR) is 78.4 cm³/mol. The van der Waals surface area contributed by atoms with E-state index in [0.717, 1.165) is 0 Å². The van der Waals surface area contributed by atoms with Gasteiger partial charge < -0.3 is 19.6 Å². The van der Waals surface area contributed by atoms with Crippen LogP contribution >= 0.6 is 0 Å². The first kappa shape index (κ1) is 18.1. The lowest BCUT2D eigenvalue weighted by Gasteiger charge is -2.14. The molecule has 122 valence electrons. The lowest BCUT2D eigenvalue weighted by atomic mass is 10.2. The third-order valence-electron chi connectivity index (χ3n) is 2.98. The first-order valence-corrected chi connectivity index (χ1v) is 8.43. The first-order valence-electron chi connectivity index (χ1n) is 6.95. The van der Waals surface area contributed by atoms with Crippen molar-refractivity contribution >= 4 is 10.0 Å².